The van der Waals surface area contributed by atoms with Crippen molar-refractivity contribution in [3.63, 3.8) is 0 Å². The average Bonchev–Trinajstić information content (AvgIpc) is 2.69. The van der Waals surface area contributed by atoms with E-state index >= 15 is 0 Å². The first kappa shape index (κ1) is 10.3. The Hall–Kier alpha value is -1.18. The van der Waals surface area contributed by atoms with Crippen molar-refractivity contribution in [2.24, 2.45) is 12.2 Å². The fourth-order valence-corrected chi connectivity index (χ4v) is 2.84. The number of nitrogens with zero attached hydrogens (tertiary/aromatic N) is 2. The van der Waals surface area contributed by atoms with Crippen LogP contribution in [-0.4, -0.2) is 18.0 Å². The number of rotatable bonds is 2. The highest BCUT2D eigenvalue weighted by Gasteiger charge is 2.12. The first-order valence-electron chi connectivity index (χ1n) is 4.08. The number of hydrogen-bond donors (Lipinski definition) is 1. The summed E-state index contributed by atoms with van der Waals surface area (Å²) in [5, 5.41) is 5.01. The fourth-order valence-electron chi connectivity index (χ4n) is 1.15. The van der Waals surface area contributed by atoms with Crippen LogP contribution in [0.3, 0.4) is 0 Å². The summed E-state index contributed by atoms with van der Waals surface area (Å²) in [6.45, 7) is 0. The third-order valence-electron chi connectivity index (χ3n) is 1.82. The van der Waals surface area contributed by atoms with Crippen LogP contribution in [0.15, 0.2) is 28.9 Å². The molecule has 0 radical (unpaired) electrons. The molecule has 0 aliphatic rings. The molecule has 0 fully saturated rings. The molecule has 2 aromatic rings. The molecule has 0 spiro atoms. The molecule has 2 aromatic heterocycles. The molecule has 0 amide bonds. The molecule has 0 unspecified atom stereocenters. The average molecular weight is 243 g/mol. The Kier molecular flexibility index (Phi) is 2.37. The number of hydrogen-bond acceptors (Lipinski definition) is 4. The molecule has 0 aromatic carbocycles. The van der Waals surface area contributed by atoms with Crippen LogP contribution in [0, 0.1) is 0 Å². The van der Waals surface area contributed by atoms with Crippen LogP contribution in [0.25, 0.3) is 10.6 Å². The van der Waals surface area contributed by atoms with Crippen LogP contribution in [0.1, 0.15) is 0 Å². The van der Waals surface area contributed by atoms with E-state index in [0.717, 1.165) is 21.9 Å². The number of nitrogens with two attached hydrogens (primary N) is 1. The number of imidazole rings is 1. The van der Waals surface area contributed by atoms with Crippen LogP contribution in [0.2, 0.25) is 0 Å². The van der Waals surface area contributed by atoms with Crippen molar-refractivity contribution in [2.75, 3.05) is 0 Å². The van der Waals surface area contributed by atoms with Crippen molar-refractivity contribution in [2.45, 2.75) is 4.21 Å². The van der Waals surface area contributed by atoms with Gasteiger partial charge in [-0.05, 0) is 12.1 Å². The molecule has 15 heavy (non-hydrogen) atoms. The lowest BCUT2D eigenvalue weighted by Gasteiger charge is -1.89. The zero-order valence-electron chi connectivity index (χ0n) is 7.91. The lowest BCUT2D eigenvalue weighted by molar-refractivity contribution is 0.600. The summed E-state index contributed by atoms with van der Waals surface area (Å²) in [7, 11) is -1.75. The monoisotopic (exact) mass is 243 g/mol. The highest BCUT2D eigenvalue weighted by Crippen LogP contribution is 2.28. The van der Waals surface area contributed by atoms with Crippen molar-refractivity contribution in [3.05, 3.63) is 24.7 Å². The molecule has 0 aliphatic heterocycles. The van der Waals surface area contributed by atoms with Gasteiger partial charge in [-0.3, -0.25) is 0 Å². The lowest BCUT2D eigenvalue weighted by Crippen LogP contribution is -2.09. The highest BCUT2D eigenvalue weighted by atomic mass is 32.2. The number of aryl methyl sites for hydroxylation is 1. The van der Waals surface area contributed by atoms with Crippen LogP contribution in [0.4, 0.5) is 0 Å². The Labute approximate surface area is 91.2 Å². The summed E-state index contributed by atoms with van der Waals surface area (Å²) in [5.41, 5.74) is 0.748. The van der Waals surface area contributed by atoms with E-state index in [0.29, 0.717) is 0 Å². The molecular weight excluding hydrogens is 234 g/mol. The van der Waals surface area contributed by atoms with E-state index in [1.807, 2.05) is 13.2 Å². The Morgan fingerprint density at radius 2 is 2.20 bits per heavy atom. The van der Waals surface area contributed by atoms with E-state index in [9.17, 15) is 8.42 Å². The quantitative estimate of drug-likeness (QED) is 0.847. The fraction of sp³-hybridized carbons (Fsp3) is 0.125. The van der Waals surface area contributed by atoms with E-state index in [1.54, 1.807) is 17.0 Å². The molecule has 0 bridgehead atoms. The molecule has 2 N–H and O–H groups in total. The molecule has 0 saturated carbocycles. The molecule has 80 valence electrons. The van der Waals surface area contributed by atoms with Crippen LogP contribution in [0.5, 0.6) is 0 Å². The first-order chi connectivity index (χ1) is 6.97. The minimum absolute atomic E-state index is 0.156. The maximum absolute atomic E-state index is 11.0. The summed E-state index contributed by atoms with van der Waals surface area (Å²) in [6, 6.07) is 3.19. The van der Waals surface area contributed by atoms with E-state index < -0.39 is 10.0 Å². The molecule has 7 heteroatoms. The Bertz CT molecular complexity index is 583. The van der Waals surface area contributed by atoms with Gasteiger partial charge in [0.2, 0.25) is 10.0 Å². The molecule has 2 heterocycles. The van der Waals surface area contributed by atoms with Gasteiger partial charge in [0.15, 0.2) is 0 Å². The number of sulfonamides is 1. The van der Waals surface area contributed by atoms with Crippen molar-refractivity contribution >= 4 is 21.4 Å². The van der Waals surface area contributed by atoms with Gasteiger partial charge in [0, 0.05) is 13.2 Å². The molecule has 0 atom stereocenters. The number of primary sulfonamides is 1. The maximum atomic E-state index is 11.0. The maximum Gasteiger partial charge on any atom is 0.247 e. The molecule has 0 aliphatic carbocycles. The second-order valence-electron chi connectivity index (χ2n) is 3.09. The van der Waals surface area contributed by atoms with Gasteiger partial charge in [0.25, 0.3) is 0 Å². The first-order valence-corrected chi connectivity index (χ1v) is 6.44. The predicted molar refractivity (Wildman–Crippen MR) is 57.9 cm³/mol. The van der Waals surface area contributed by atoms with Crippen molar-refractivity contribution in [3.8, 4) is 10.6 Å². The topological polar surface area (TPSA) is 78.0 Å². The van der Waals surface area contributed by atoms with Gasteiger partial charge < -0.3 is 4.57 Å². The smallest absolute Gasteiger partial charge is 0.247 e. The summed E-state index contributed by atoms with van der Waals surface area (Å²) >= 11 is 1.12. The largest absolute Gasteiger partial charge is 0.340 e. The normalized spacial score (nSPS) is 11.9. The Morgan fingerprint density at radius 3 is 2.67 bits per heavy atom. The van der Waals surface area contributed by atoms with Gasteiger partial charge in [-0.25, -0.2) is 18.5 Å². The predicted octanol–water partition coefficient (Wildman–Crippen LogP) is 0.796. The van der Waals surface area contributed by atoms with Crippen LogP contribution in [-0.2, 0) is 17.1 Å². The van der Waals surface area contributed by atoms with Gasteiger partial charge in [0.05, 0.1) is 16.9 Å². The Morgan fingerprint density at radius 1 is 1.47 bits per heavy atom. The van der Waals surface area contributed by atoms with Gasteiger partial charge >= 0.3 is 0 Å². The lowest BCUT2D eigenvalue weighted by atomic mass is 10.4. The minimum Gasteiger partial charge on any atom is -0.340 e. The Balaban J connectivity index is 2.44. The summed E-state index contributed by atoms with van der Waals surface area (Å²) < 4.78 is 24.0. The van der Waals surface area contributed by atoms with Crippen molar-refractivity contribution in [1.82, 2.24) is 9.55 Å². The minimum atomic E-state index is -3.60. The SMILES string of the molecule is Cn1cnc(-c2ccc(S(N)(=O)=O)s2)c1. The van der Waals surface area contributed by atoms with E-state index in [1.165, 1.54) is 6.07 Å². The summed E-state index contributed by atoms with van der Waals surface area (Å²) in [6.07, 6.45) is 3.48. The van der Waals surface area contributed by atoms with E-state index in [4.69, 9.17) is 5.14 Å². The van der Waals surface area contributed by atoms with Gasteiger partial charge in [-0.1, -0.05) is 0 Å². The molecule has 0 saturated heterocycles. The molecule has 5 nitrogen and oxygen atoms in total. The van der Waals surface area contributed by atoms with Gasteiger partial charge in [-0.2, -0.15) is 0 Å². The second-order valence-corrected chi connectivity index (χ2v) is 5.96. The molecular formula is C8H9N3O2S2. The standard InChI is InChI=1S/C8H9N3O2S2/c1-11-4-6(10-5-11)7-2-3-8(14-7)15(9,12)13/h2-5H,1H3,(H2,9,12,13). The summed E-state index contributed by atoms with van der Waals surface area (Å²) in [4.78, 5) is 4.91. The van der Waals surface area contributed by atoms with Crippen molar-refractivity contribution in [1.29, 1.82) is 0 Å². The molecule has 2 rings (SSSR count). The summed E-state index contributed by atoms with van der Waals surface area (Å²) in [5.74, 6) is 0. The van der Waals surface area contributed by atoms with Crippen LogP contribution < -0.4 is 5.14 Å². The van der Waals surface area contributed by atoms with Gasteiger partial charge in [-0.15, -0.1) is 11.3 Å². The number of aromatic nitrogens is 2. The third kappa shape index (κ3) is 2.09. The van der Waals surface area contributed by atoms with Crippen LogP contribution >= 0.6 is 11.3 Å². The zero-order chi connectivity index (χ0) is 11.1. The third-order valence-corrected chi connectivity index (χ3v) is 4.37. The van der Waals surface area contributed by atoms with Gasteiger partial charge in [0.1, 0.15) is 4.21 Å². The number of thiophene rings is 1. The van der Waals surface area contributed by atoms with Crippen molar-refractivity contribution < 1.29 is 8.42 Å². The van der Waals surface area contributed by atoms with E-state index in [2.05, 4.69) is 4.98 Å². The van der Waals surface area contributed by atoms with E-state index in [-0.39, 0.29) is 4.21 Å². The highest BCUT2D eigenvalue weighted by molar-refractivity contribution is 7.91. The second kappa shape index (κ2) is 3.44. The zero-order valence-corrected chi connectivity index (χ0v) is 9.55.